The minimum Gasteiger partial charge on any atom is -0.465 e. The van der Waals surface area contributed by atoms with E-state index in [1.54, 1.807) is 20.1 Å². The Bertz CT molecular complexity index is 234. The van der Waals surface area contributed by atoms with E-state index >= 15 is 0 Å². The van der Waals surface area contributed by atoms with Crippen molar-refractivity contribution in [2.45, 2.75) is 13.8 Å². The van der Waals surface area contributed by atoms with Gasteiger partial charge in [-0.25, -0.2) is 0 Å². The standard InChI is InChI=1S/C9H14O4S2/c1-4-12-7(10)6(9(14)15-3)8(11)13-5-2/h6H,4-5H2,1-3H3. The van der Waals surface area contributed by atoms with Crippen molar-refractivity contribution < 1.29 is 19.1 Å². The van der Waals surface area contributed by atoms with Crippen molar-refractivity contribution in [3.05, 3.63) is 0 Å². The Morgan fingerprint density at radius 2 is 1.60 bits per heavy atom. The summed E-state index contributed by atoms with van der Waals surface area (Å²) in [6.07, 6.45) is 1.70. The first kappa shape index (κ1) is 14.4. The molecule has 0 aromatic heterocycles. The van der Waals surface area contributed by atoms with Crippen LogP contribution in [-0.2, 0) is 19.1 Å². The fourth-order valence-corrected chi connectivity index (χ4v) is 1.48. The minimum absolute atomic E-state index is 0.214. The van der Waals surface area contributed by atoms with Gasteiger partial charge < -0.3 is 9.47 Å². The van der Waals surface area contributed by atoms with Crippen LogP contribution in [-0.4, -0.2) is 35.6 Å². The predicted octanol–water partition coefficient (Wildman–Crippen LogP) is 1.42. The van der Waals surface area contributed by atoms with Gasteiger partial charge >= 0.3 is 11.9 Å². The maximum absolute atomic E-state index is 11.4. The van der Waals surface area contributed by atoms with Crippen molar-refractivity contribution >= 4 is 40.1 Å². The van der Waals surface area contributed by atoms with Crippen molar-refractivity contribution in [3.8, 4) is 0 Å². The van der Waals surface area contributed by atoms with Crippen LogP contribution in [0.25, 0.3) is 0 Å². The summed E-state index contributed by atoms with van der Waals surface area (Å²) in [7, 11) is 0. The van der Waals surface area contributed by atoms with Crippen molar-refractivity contribution in [3.63, 3.8) is 0 Å². The molecule has 0 saturated carbocycles. The quantitative estimate of drug-likeness (QED) is 0.418. The van der Waals surface area contributed by atoms with Crippen molar-refractivity contribution in [1.82, 2.24) is 0 Å². The van der Waals surface area contributed by atoms with Crippen molar-refractivity contribution in [1.29, 1.82) is 0 Å². The van der Waals surface area contributed by atoms with E-state index in [9.17, 15) is 9.59 Å². The zero-order chi connectivity index (χ0) is 11.8. The monoisotopic (exact) mass is 250 g/mol. The number of thioether (sulfide) groups is 1. The number of carbonyl (C=O) groups is 2. The normalized spacial score (nSPS) is 9.87. The highest BCUT2D eigenvalue weighted by molar-refractivity contribution is 8.22. The lowest BCUT2D eigenvalue weighted by Crippen LogP contribution is -2.32. The predicted molar refractivity (Wildman–Crippen MR) is 62.9 cm³/mol. The van der Waals surface area contributed by atoms with Gasteiger partial charge in [-0.1, -0.05) is 12.2 Å². The van der Waals surface area contributed by atoms with Gasteiger partial charge in [-0.2, -0.15) is 0 Å². The lowest BCUT2D eigenvalue weighted by atomic mass is 10.2. The summed E-state index contributed by atoms with van der Waals surface area (Å²) >= 11 is 6.09. The molecule has 86 valence electrons. The Morgan fingerprint density at radius 3 is 1.87 bits per heavy atom. The second-order valence-corrected chi connectivity index (χ2v) is 4.01. The summed E-state index contributed by atoms with van der Waals surface area (Å²) in [6.45, 7) is 3.77. The smallest absolute Gasteiger partial charge is 0.326 e. The molecule has 0 radical (unpaired) electrons. The number of rotatable bonds is 5. The van der Waals surface area contributed by atoms with E-state index in [0.29, 0.717) is 0 Å². The molecule has 0 aliphatic rings. The fraction of sp³-hybridized carbons (Fsp3) is 0.667. The topological polar surface area (TPSA) is 52.6 Å². The van der Waals surface area contributed by atoms with Gasteiger partial charge in [0.05, 0.1) is 17.4 Å². The van der Waals surface area contributed by atoms with E-state index in [1.165, 1.54) is 11.8 Å². The number of carbonyl (C=O) groups excluding carboxylic acids is 2. The Morgan fingerprint density at radius 1 is 1.20 bits per heavy atom. The average Bonchev–Trinajstić information content (AvgIpc) is 2.18. The zero-order valence-electron chi connectivity index (χ0n) is 8.94. The van der Waals surface area contributed by atoms with Crippen molar-refractivity contribution in [2.24, 2.45) is 5.92 Å². The Balaban J connectivity index is 4.64. The molecule has 0 heterocycles. The van der Waals surface area contributed by atoms with Gasteiger partial charge in [0.15, 0.2) is 5.92 Å². The molecule has 0 rings (SSSR count). The highest BCUT2D eigenvalue weighted by atomic mass is 32.2. The molecule has 0 N–H and O–H groups in total. The van der Waals surface area contributed by atoms with Gasteiger partial charge in [-0.05, 0) is 20.1 Å². The summed E-state index contributed by atoms with van der Waals surface area (Å²) in [5.74, 6) is -2.37. The maximum Gasteiger partial charge on any atom is 0.326 e. The number of thiocarbonyl (C=S) groups is 1. The van der Waals surface area contributed by atoms with Crippen molar-refractivity contribution in [2.75, 3.05) is 19.5 Å². The van der Waals surface area contributed by atoms with E-state index in [0.717, 1.165) is 0 Å². The molecule has 0 aromatic carbocycles. The third-order valence-corrected chi connectivity index (χ3v) is 2.86. The summed E-state index contributed by atoms with van der Waals surface area (Å²) in [6, 6.07) is 0. The Kier molecular flexibility index (Phi) is 7.33. The molecule has 4 nitrogen and oxygen atoms in total. The molecular formula is C9H14O4S2. The van der Waals surface area contributed by atoms with Crippen LogP contribution in [0, 0.1) is 5.92 Å². The number of ether oxygens (including phenoxy) is 2. The molecule has 0 spiro atoms. The number of esters is 2. The van der Waals surface area contributed by atoms with Gasteiger partial charge in [-0.15, -0.1) is 11.8 Å². The van der Waals surface area contributed by atoms with E-state index < -0.39 is 17.9 Å². The molecule has 0 bridgehead atoms. The van der Waals surface area contributed by atoms with E-state index in [4.69, 9.17) is 21.7 Å². The lowest BCUT2D eigenvalue weighted by molar-refractivity contribution is -0.157. The van der Waals surface area contributed by atoms with Crippen LogP contribution >= 0.6 is 24.0 Å². The van der Waals surface area contributed by atoms with Crippen LogP contribution < -0.4 is 0 Å². The second kappa shape index (κ2) is 7.64. The van der Waals surface area contributed by atoms with E-state index in [1.807, 2.05) is 0 Å². The zero-order valence-corrected chi connectivity index (χ0v) is 10.6. The first-order valence-electron chi connectivity index (χ1n) is 4.49. The summed E-state index contributed by atoms with van der Waals surface area (Å²) < 4.78 is 9.78. The van der Waals surface area contributed by atoms with E-state index in [-0.39, 0.29) is 17.4 Å². The first-order chi connectivity index (χ1) is 7.08. The molecule has 0 saturated heterocycles. The van der Waals surface area contributed by atoms with Crippen LogP contribution in [0.2, 0.25) is 0 Å². The van der Waals surface area contributed by atoms with Crippen LogP contribution in [0.15, 0.2) is 0 Å². The number of hydrogen-bond acceptors (Lipinski definition) is 6. The van der Waals surface area contributed by atoms with Crippen LogP contribution in [0.1, 0.15) is 13.8 Å². The molecule has 15 heavy (non-hydrogen) atoms. The highest BCUT2D eigenvalue weighted by Gasteiger charge is 2.33. The summed E-state index contributed by atoms with van der Waals surface area (Å²) in [5.41, 5.74) is 0. The maximum atomic E-state index is 11.4. The molecule has 0 aliphatic heterocycles. The lowest BCUT2D eigenvalue weighted by Gasteiger charge is -2.13. The van der Waals surface area contributed by atoms with Gasteiger partial charge in [0.2, 0.25) is 0 Å². The third-order valence-electron chi connectivity index (χ3n) is 1.48. The first-order valence-corrected chi connectivity index (χ1v) is 6.12. The van der Waals surface area contributed by atoms with Gasteiger partial charge in [0.25, 0.3) is 0 Å². The van der Waals surface area contributed by atoms with E-state index in [2.05, 4.69) is 0 Å². The fourth-order valence-electron chi connectivity index (χ4n) is 0.858. The van der Waals surface area contributed by atoms with Crippen LogP contribution in [0.4, 0.5) is 0 Å². The largest absolute Gasteiger partial charge is 0.465 e. The molecule has 0 fully saturated rings. The third kappa shape index (κ3) is 4.61. The Hall–Kier alpha value is -0.620. The van der Waals surface area contributed by atoms with Gasteiger partial charge in [-0.3, -0.25) is 9.59 Å². The molecule has 0 aromatic rings. The Labute approximate surface area is 98.7 Å². The van der Waals surface area contributed by atoms with Crippen LogP contribution in [0.3, 0.4) is 0 Å². The highest BCUT2D eigenvalue weighted by Crippen LogP contribution is 2.14. The minimum atomic E-state index is -1.09. The second-order valence-electron chi connectivity index (χ2n) is 2.46. The molecule has 0 unspecified atom stereocenters. The van der Waals surface area contributed by atoms with Gasteiger partial charge in [0, 0.05) is 0 Å². The molecule has 6 heteroatoms. The molecule has 0 aliphatic carbocycles. The summed E-state index contributed by atoms with van der Waals surface area (Å²) in [4.78, 5) is 22.9. The molecular weight excluding hydrogens is 236 g/mol. The van der Waals surface area contributed by atoms with Gasteiger partial charge in [0.1, 0.15) is 0 Å². The molecule has 0 amide bonds. The number of hydrogen-bond donors (Lipinski definition) is 0. The molecule has 0 atom stereocenters. The average molecular weight is 250 g/mol. The summed E-state index contributed by atoms with van der Waals surface area (Å²) in [5, 5.41) is 0. The SMILES string of the molecule is CCOC(=O)C(C(=O)OCC)C(=S)SC. The van der Waals surface area contributed by atoms with Crippen LogP contribution in [0.5, 0.6) is 0 Å².